The van der Waals surface area contributed by atoms with E-state index in [0.717, 1.165) is 31.5 Å². The van der Waals surface area contributed by atoms with Crippen LogP contribution in [0, 0.1) is 0 Å². The maximum Gasteiger partial charge on any atom is 0.0876 e. The summed E-state index contributed by atoms with van der Waals surface area (Å²) in [6, 6.07) is 4.54. The Labute approximate surface area is 117 Å². The smallest absolute Gasteiger partial charge is 0.0876 e. The number of nitrogens with zero attached hydrogens (tertiary/aromatic N) is 1. The average Bonchev–Trinajstić information content (AvgIpc) is 2.93. The fourth-order valence-corrected chi connectivity index (χ4v) is 3.27. The number of rotatable bonds is 4. The van der Waals surface area contributed by atoms with Crippen molar-refractivity contribution in [3.63, 3.8) is 0 Å². The highest BCUT2D eigenvalue weighted by atomic mass is 32.1. The molecule has 0 aliphatic carbocycles. The quantitative estimate of drug-likeness (QED) is 0.924. The summed E-state index contributed by atoms with van der Waals surface area (Å²) >= 11 is 1.74. The first-order valence-electron chi connectivity index (χ1n) is 6.75. The van der Waals surface area contributed by atoms with Crippen LogP contribution in [0.3, 0.4) is 0 Å². The summed E-state index contributed by atoms with van der Waals surface area (Å²) in [5.74, 6) is 0. The van der Waals surface area contributed by atoms with E-state index in [1.807, 2.05) is 12.5 Å². The van der Waals surface area contributed by atoms with Crippen molar-refractivity contribution in [2.45, 2.75) is 25.8 Å². The molecule has 1 aliphatic heterocycles. The predicted octanol–water partition coefficient (Wildman–Crippen LogP) is 3.64. The van der Waals surface area contributed by atoms with Crippen molar-refractivity contribution in [3.05, 3.63) is 41.1 Å². The predicted molar refractivity (Wildman–Crippen MR) is 79.3 cm³/mol. The second-order valence-corrected chi connectivity index (χ2v) is 5.68. The van der Waals surface area contributed by atoms with Crippen molar-refractivity contribution in [2.75, 3.05) is 13.2 Å². The fraction of sp³-hybridized carbons (Fsp3) is 0.400. The first kappa shape index (κ1) is 12.6. The number of likely N-dealkylation sites (N-methyl/N-ethyl adjacent to an activating group) is 1. The van der Waals surface area contributed by atoms with Crippen LogP contribution < -0.4 is 5.32 Å². The highest BCUT2D eigenvalue weighted by molar-refractivity contribution is 7.17. The summed E-state index contributed by atoms with van der Waals surface area (Å²) < 4.78 is 6.73. The lowest BCUT2D eigenvalue weighted by Gasteiger charge is -2.24. The molecule has 1 aliphatic rings. The van der Waals surface area contributed by atoms with Crippen LogP contribution in [-0.4, -0.2) is 18.1 Å². The van der Waals surface area contributed by atoms with E-state index < -0.39 is 0 Å². The summed E-state index contributed by atoms with van der Waals surface area (Å²) in [5.41, 5.74) is 3.64. The third kappa shape index (κ3) is 2.65. The molecule has 2 aromatic rings. The van der Waals surface area contributed by atoms with Crippen LogP contribution in [0.2, 0.25) is 0 Å². The minimum atomic E-state index is 0.226. The number of fused-ring (bicyclic) bond motifs is 1. The molecule has 3 rings (SSSR count). The van der Waals surface area contributed by atoms with Gasteiger partial charge in [-0.2, -0.15) is 0 Å². The second-order valence-electron chi connectivity index (χ2n) is 4.73. The minimum absolute atomic E-state index is 0.226. The molecule has 100 valence electrons. The Balaban J connectivity index is 1.95. The first-order valence-corrected chi connectivity index (χ1v) is 7.63. The molecule has 0 spiro atoms. The summed E-state index contributed by atoms with van der Waals surface area (Å²) in [6.45, 7) is 3.91. The lowest BCUT2D eigenvalue weighted by molar-refractivity contribution is 0.219. The maximum absolute atomic E-state index is 5.48. The Kier molecular flexibility index (Phi) is 3.80. The highest BCUT2D eigenvalue weighted by Gasteiger charge is 2.19. The SMILES string of the molecule is CCNC(C1=COCCC1)c1cnc2ccsc2c1. The molecule has 0 radical (unpaired) electrons. The van der Waals surface area contributed by atoms with Crippen molar-refractivity contribution in [2.24, 2.45) is 0 Å². The zero-order valence-corrected chi connectivity index (χ0v) is 11.9. The van der Waals surface area contributed by atoms with Crippen molar-refractivity contribution in [3.8, 4) is 0 Å². The van der Waals surface area contributed by atoms with Gasteiger partial charge in [0, 0.05) is 6.20 Å². The van der Waals surface area contributed by atoms with Gasteiger partial charge in [-0.3, -0.25) is 4.98 Å². The number of ether oxygens (including phenoxy) is 1. The standard InChI is InChI=1S/C15H18N2OS/c1-2-16-15(11-4-3-6-18-10-11)12-8-14-13(17-9-12)5-7-19-14/h5,7-10,15-16H,2-4,6H2,1H3. The van der Waals surface area contributed by atoms with Crippen molar-refractivity contribution in [1.82, 2.24) is 10.3 Å². The summed E-state index contributed by atoms with van der Waals surface area (Å²) in [4.78, 5) is 4.54. The first-order chi connectivity index (χ1) is 9.38. The molecule has 3 heterocycles. The van der Waals surface area contributed by atoms with E-state index in [1.165, 1.54) is 15.8 Å². The van der Waals surface area contributed by atoms with Gasteiger partial charge in [0.2, 0.25) is 0 Å². The van der Waals surface area contributed by atoms with Gasteiger partial charge >= 0.3 is 0 Å². The summed E-state index contributed by atoms with van der Waals surface area (Å²) in [6.07, 6.45) is 6.11. The van der Waals surface area contributed by atoms with Crippen LogP contribution in [-0.2, 0) is 4.74 Å². The van der Waals surface area contributed by atoms with E-state index in [2.05, 4.69) is 34.7 Å². The Morgan fingerprint density at radius 2 is 2.47 bits per heavy atom. The molecular formula is C15H18N2OS. The van der Waals surface area contributed by atoms with Crippen LogP contribution in [0.25, 0.3) is 10.2 Å². The maximum atomic E-state index is 5.48. The van der Waals surface area contributed by atoms with Gasteiger partial charge in [0.25, 0.3) is 0 Å². The molecular weight excluding hydrogens is 256 g/mol. The number of aromatic nitrogens is 1. The third-order valence-corrected chi connectivity index (χ3v) is 4.25. The molecule has 0 fully saturated rings. The lowest BCUT2D eigenvalue weighted by atomic mass is 9.96. The summed E-state index contributed by atoms with van der Waals surface area (Å²) in [5, 5.41) is 5.63. The van der Waals surface area contributed by atoms with Gasteiger partial charge in [0.15, 0.2) is 0 Å². The fourth-order valence-electron chi connectivity index (χ4n) is 2.48. The average molecular weight is 274 g/mol. The number of thiophene rings is 1. The highest BCUT2D eigenvalue weighted by Crippen LogP contribution is 2.30. The van der Waals surface area contributed by atoms with E-state index in [-0.39, 0.29) is 6.04 Å². The van der Waals surface area contributed by atoms with Crippen molar-refractivity contribution >= 4 is 21.6 Å². The van der Waals surface area contributed by atoms with E-state index in [4.69, 9.17) is 4.74 Å². The number of nitrogens with one attached hydrogen (secondary N) is 1. The molecule has 1 atom stereocenters. The van der Waals surface area contributed by atoms with Gasteiger partial charge in [-0.1, -0.05) is 6.92 Å². The zero-order chi connectivity index (χ0) is 13.1. The van der Waals surface area contributed by atoms with E-state index in [9.17, 15) is 0 Å². The van der Waals surface area contributed by atoms with Crippen LogP contribution in [0.15, 0.2) is 35.5 Å². The largest absolute Gasteiger partial charge is 0.501 e. The Morgan fingerprint density at radius 1 is 1.53 bits per heavy atom. The second kappa shape index (κ2) is 5.72. The minimum Gasteiger partial charge on any atom is -0.501 e. The Morgan fingerprint density at radius 3 is 3.26 bits per heavy atom. The van der Waals surface area contributed by atoms with E-state index in [0.29, 0.717) is 0 Å². The van der Waals surface area contributed by atoms with Gasteiger partial charge in [0.1, 0.15) is 0 Å². The van der Waals surface area contributed by atoms with Crippen LogP contribution in [0.5, 0.6) is 0 Å². The number of hydrogen-bond donors (Lipinski definition) is 1. The molecule has 0 saturated heterocycles. The van der Waals surface area contributed by atoms with Gasteiger partial charge < -0.3 is 10.1 Å². The van der Waals surface area contributed by atoms with Crippen molar-refractivity contribution < 1.29 is 4.74 Å². The molecule has 0 saturated carbocycles. The Bertz CT molecular complexity index is 591. The molecule has 1 unspecified atom stereocenters. The molecule has 19 heavy (non-hydrogen) atoms. The molecule has 4 heteroatoms. The normalized spacial score (nSPS) is 17.0. The molecule has 3 nitrogen and oxygen atoms in total. The molecule has 2 aromatic heterocycles. The number of pyridine rings is 1. The molecule has 0 bridgehead atoms. The van der Waals surface area contributed by atoms with E-state index in [1.54, 1.807) is 11.3 Å². The van der Waals surface area contributed by atoms with Crippen LogP contribution >= 0.6 is 11.3 Å². The lowest BCUT2D eigenvalue weighted by Crippen LogP contribution is -2.24. The zero-order valence-electron chi connectivity index (χ0n) is 11.1. The van der Waals surface area contributed by atoms with Crippen LogP contribution in [0.4, 0.5) is 0 Å². The Hall–Kier alpha value is -1.39. The van der Waals surface area contributed by atoms with Crippen LogP contribution in [0.1, 0.15) is 31.4 Å². The molecule has 0 amide bonds. The molecule has 1 N–H and O–H groups in total. The monoisotopic (exact) mass is 274 g/mol. The topological polar surface area (TPSA) is 34.1 Å². The van der Waals surface area contributed by atoms with Gasteiger partial charge in [0.05, 0.1) is 29.1 Å². The van der Waals surface area contributed by atoms with Crippen molar-refractivity contribution in [1.29, 1.82) is 0 Å². The third-order valence-electron chi connectivity index (χ3n) is 3.40. The molecule has 0 aromatic carbocycles. The number of hydrogen-bond acceptors (Lipinski definition) is 4. The summed E-state index contributed by atoms with van der Waals surface area (Å²) in [7, 11) is 0. The van der Waals surface area contributed by atoms with Gasteiger partial charge in [-0.05, 0) is 48.0 Å². The van der Waals surface area contributed by atoms with Gasteiger partial charge in [-0.25, -0.2) is 0 Å². The van der Waals surface area contributed by atoms with E-state index >= 15 is 0 Å². The van der Waals surface area contributed by atoms with Gasteiger partial charge in [-0.15, -0.1) is 11.3 Å².